The number of carbonyl (C=O) groups excluding carboxylic acids is 2. The summed E-state index contributed by atoms with van der Waals surface area (Å²) in [5, 5.41) is 9.37. The summed E-state index contributed by atoms with van der Waals surface area (Å²) in [6.07, 6.45) is 0. The molecule has 6 aromatic rings. The van der Waals surface area contributed by atoms with Gasteiger partial charge < -0.3 is 19.9 Å². The molecule has 2 amide bonds. The highest BCUT2D eigenvalue weighted by atomic mass is 32.1. The summed E-state index contributed by atoms with van der Waals surface area (Å²) in [5.41, 5.74) is 7.30. The summed E-state index contributed by atoms with van der Waals surface area (Å²) >= 11 is 1.75. The van der Waals surface area contributed by atoms with Gasteiger partial charge in [-0.25, -0.2) is 0 Å². The van der Waals surface area contributed by atoms with Crippen LogP contribution in [0.4, 0.5) is 11.4 Å². The highest BCUT2D eigenvalue weighted by Gasteiger charge is 2.51. The van der Waals surface area contributed by atoms with Gasteiger partial charge in [-0.1, -0.05) is 66.7 Å². The number of rotatable bonds is 6. The lowest BCUT2D eigenvalue weighted by atomic mass is 9.78. The van der Waals surface area contributed by atoms with Gasteiger partial charge in [0, 0.05) is 27.2 Å². The molecule has 0 radical (unpaired) electrons. The lowest BCUT2D eigenvalue weighted by molar-refractivity contribution is 0.00578. The maximum absolute atomic E-state index is 12.4. The number of hydrogen-bond acceptors (Lipinski definition) is 5. The van der Waals surface area contributed by atoms with Crippen molar-refractivity contribution in [2.24, 2.45) is 0 Å². The van der Waals surface area contributed by atoms with Crippen LogP contribution in [0.15, 0.2) is 127 Å². The van der Waals surface area contributed by atoms with Crippen molar-refractivity contribution in [2.45, 2.75) is 52.7 Å². The molecular formula is C42H41BN2O4S. The van der Waals surface area contributed by atoms with Crippen molar-refractivity contribution in [1.29, 1.82) is 0 Å². The quantitative estimate of drug-likeness (QED) is 0.172. The molecule has 0 spiro atoms. The lowest BCUT2D eigenvalue weighted by Crippen LogP contribution is -2.41. The van der Waals surface area contributed by atoms with Crippen molar-refractivity contribution in [3.8, 4) is 11.1 Å². The number of nitrogens with one attached hydrogen (secondary N) is 2. The van der Waals surface area contributed by atoms with Gasteiger partial charge in [0.1, 0.15) is 0 Å². The Hall–Kier alpha value is -5.02. The Labute approximate surface area is 298 Å². The van der Waals surface area contributed by atoms with Crippen molar-refractivity contribution >= 4 is 57.2 Å². The smallest absolute Gasteiger partial charge is 0.399 e. The second-order valence-electron chi connectivity index (χ2n) is 13.5. The summed E-state index contributed by atoms with van der Waals surface area (Å²) in [6, 6.07) is 39.1. The number of hydrogen-bond donors (Lipinski definition) is 2. The van der Waals surface area contributed by atoms with Crippen LogP contribution < -0.4 is 16.1 Å². The van der Waals surface area contributed by atoms with Gasteiger partial charge in [0.2, 0.25) is 0 Å². The number of fused-ring (bicyclic) bond motifs is 1. The first kappa shape index (κ1) is 34.8. The van der Waals surface area contributed by atoms with E-state index in [9.17, 15) is 9.59 Å². The van der Waals surface area contributed by atoms with Crippen LogP contribution in [0.3, 0.4) is 0 Å². The van der Waals surface area contributed by atoms with Crippen LogP contribution in [-0.4, -0.2) is 30.1 Å². The third-order valence-corrected chi connectivity index (χ3v) is 10.3. The fraction of sp³-hybridized carbons (Fsp3) is 0.190. The molecule has 6 nitrogen and oxygen atoms in total. The molecule has 1 aliphatic heterocycles. The van der Waals surface area contributed by atoms with Crippen molar-refractivity contribution in [2.75, 3.05) is 10.6 Å². The van der Waals surface area contributed by atoms with Crippen molar-refractivity contribution in [3.63, 3.8) is 0 Å². The first-order valence-electron chi connectivity index (χ1n) is 16.7. The van der Waals surface area contributed by atoms with Gasteiger partial charge in [0.25, 0.3) is 11.8 Å². The van der Waals surface area contributed by atoms with Crippen LogP contribution >= 0.6 is 11.3 Å². The van der Waals surface area contributed by atoms with E-state index in [1.807, 2.05) is 120 Å². The average molecular weight is 681 g/mol. The fourth-order valence-corrected chi connectivity index (χ4v) is 6.32. The van der Waals surface area contributed by atoms with Gasteiger partial charge in [-0.2, -0.15) is 0 Å². The Bertz CT molecular complexity index is 2130. The second-order valence-corrected chi connectivity index (χ2v) is 14.5. The van der Waals surface area contributed by atoms with E-state index in [1.54, 1.807) is 23.5 Å². The van der Waals surface area contributed by atoms with Gasteiger partial charge in [-0.15, -0.1) is 11.3 Å². The molecule has 1 saturated heterocycles. The first-order valence-corrected chi connectivity index (χ1v) is 17.6. The van der Waals surface area contributed by atoms with Gasteiger partial charge in [-0.05, 0) is 135 Å². The zero-order chi connectivity index (χ0) is 35.5. The van der Waals surface area contributed by atoms with Gasteiger partial charge in [-0.3, -0.25) is 9.59 Å². The predicted octanol–water partition coefficient (Wildman–Crippen LogP) is 9.68. The molecule has 0 aliphatic carbocycles. The number of aryl methyl sites for hydroxylation is 2. The standard InChI is InChI=1S/C22H17NOS.C20H24BNO3/c1-15-7-8-18(17-9-10-21-19(13-17)11-12-25-21)14-20(15)23-22(24)16-5-3-2-4-6-16;1-14-11-12-16(21-24-19(2,3)20(4,5)25-21)13-17(14)22-18(23)15-9-7-6-8-10-15/h2-14H,1H3,(H,23,24);6-13H,1-5H3,(H,22,23). The number of amides is 2. The minimum absolute atomic E-state index is 0.0888. The minimum Gasteiger partial charge on any atom is -0.399 e. The molecule has 1 fully saturated rings. The maximum atomic E-state index is 12.4. The third-order valence-electron chi connectivity index (χ3n) is 9.38. The molecule has 0 bridgehead atoms. The molecule has 0 atom stereocenters. The monoisotopic (exact) mass is 680 g/mol. The van der Waals surface area contributed by atoms with E-state index < -0.39 is 18.3 Å². The second kappa shape index (κ2) is 14.5. The number of thiophene rings is 1. The molecule has 5 aromatic carbocycles. The van der Waals surface area contributed by atoms with Crippen LogP contribution in [0.1, 0.15) is 59.5 Å². The predicted molar refractivity (Wildman–Crippen MR) is 208 cm³/mol. The third kappa shape index (κ3) is 7.73. The Balaban J connectivity index is 0.000000173. The molecule has 50 heavy (non-hydrogen) atoms. The molecule has 1 aromatic heterocycles. The van der Waals surface area contributed by atoms with Crippen LogP contribution in [0.2, 0.25) is 0 Å². The maximum Gasteiger partial charge on any atom is 0.494 e. The Morgan fingerprint density at radius 1 is 0.600 bits per heavy atom. The summed E-state index contributed by atoms with van der Waals surface area (Å²) in [7, 11) is -0.446. The van der Waals surface area contributed by atoms with E-state index >= 15 is 0 Å². The number of carbonyl (C=O) groups is 2. The zero-order valence-corrected chi connectivity index (χ0v) is 30.1. The average Bonchev–Trinajstić information content (AvgIpc) is 3.67. The SMILES string of the molecule is Cc1ccc(-c2ccc3sccc3c2)cc1NC(=O)c1ccccc1.Cc1ccc(B2OC(C)(C)C(C)(C)O2)cc1NC(=O)c1ccccc1. The summed E-state index contributed by atoms with van der Waals surface area (Å²) in [5.74, 6) is -0.219. The van der Waals surface area contributed by atoms with Gasteiger partial charge in [0.05, 0.1) is 11.2 Å². The van der Waals surface area contributed by atoms with E-state index in [-0.39, 0.29) is 11.8 Å². The molecule has 252 valence electrons. The van der Waals surface area contributed by atoms with E-state index in [0.717, 1.165) is 39.1 Å². The Morgan fingerprint density at radius 2 is 1.10 bits per heavy atom. The number of anilines is 2. The fourth-order valence-electron chi connectivity index (χ4n) is 5.55. The number of benzene rings is 5. The van der Waals surface area contributed by atoms with E-state index in [2.05, 4.69) is 46.3 Å². The largest absolute Gasteiger partial charge is 0.494 e. The van der Waals surface area contributed by atoms with Gasteiger partial charge >= 0.3 is 7.12 Å². The Morgan fingerprint density at radius 3 is 1.68 bits per heavy atom. The van der Waals surface area contributed by atoms with Crippen molar-refractivity contribution in [3.05, 3.63) is 149 Å². The van der Waals surface area contributed by atoms with Crippen LogP contribution in [0.5, 0.6) is 0 Å². The highest BCUT2D eigenvalue weighted by molar-refractivity contribution is 7.17. The molecule has 2 heterocycles. The minimum atomic E-state index is -0.446. The normalized spacial score (nSPS) is 14.5. The highest BCUT2D eigenvalue weighted by Crippen LogP contribution is 2.37. The van der Waals surface area contributed by atoms with Crippen molar-refractivity contribution in [1.82, 2.24) is 0 Å². The van der Waals surface area contributed by atoms with Crippen molar-refractivity contribution < 1.29 is 18.9 Å². The first-order chi connectivity index (χ1) is 23.9. The van der Waals surface area contributed by atoms with E-state index in [1.165, 1.54) is 10.1 Å². The van der Waals surface area contributed by atoms with Crippen LogP contribution in [-0.2, 0) is 9.31 Å². The molecular weight excluding hydrogens is 639 g/mol. The summed E-state index contributed by atoms with van der Waals surface area (Å²) < 4.78 is 13.5. The zero-order valence-electron chi connectivity index (χ0n) is 29.2. The molecule has 0 saturated carbocycles. The topological polar surface area (TPSA) is 76.7 Å². The molecule has 1 aliphatic rings. The summed E-state index contributed by atoms with van der Waals surface area (Å²) in [4.78, 5) is 24.9. The molecule has 8 heteroatoms. The van der Waals surface area contributed by atoms with Gasteiger partial charge in [0.15, 0.2) is 0 Å². The van der Waals surface area contributed by atoms with E-state index in [0.29, 0.717) is 11.1 Å². The van der Waals surface area contributed by atoms with E-state index in [4.69, 9.17) is 9.31 Å². The summed E-state index contributed by atoms with van der Waals surface area (Å²) in [6.45, 7) is 12.1. The Kier molecular flexibility index (Phi) is 10.1. The van der Waals surface area contributed by atoms with Crippen LogP contribution in [0, 0.1) is 13.8 Å². The molecule has 7 rings (SSSR count). The van der Waals surface area contributed by atoms with Crippen LogP contribution in [0.25, 0.3) is 21.2 Å². The lowest BCUT2D eigenvalue weighted by Gasteiger charge is -2.32. The molecule has 0 unspecified atom stereocenters. The molecule has 2 N–H and O–H groups in total.